The molecular weight excluding hydrogens is 1270 g/mol. The smallest absolute Gasteiger partial charge is 0.137 e. The summed E-state index contributed by atoms with van der Waals surface area (Å²) in [4.78, 5) is 5.05. The van der Waals surface area contributed by atoms with Gasteiger partial charge in [-0.3, -0.25) is 0 Å². The van der Waals surface area contributed by atoms with E-state index in [-0.39, 0.29) is 16.2 Å². The third-order valence-electron chi connectivity index (χ3n) is 25.1. The predicted molar refractivity (Wildman–Crippen MR) is 436 cm³/mol. The average molecular weight is 1350 g/mol. The van der Waals surface area contributed by atoms with E-state index in [1.54, 1.807) is 0 Å². The van der Waals surface area contributed by atoms with E-state index in [1.807, 2.05) is 0 Å². The lowest BCUT2D eigenvalue weighted by Crippen LogP contribution is -2.32. The lowest BCUT2D eigenvalue weighted by molar-refractivity contribution is 0.660. The summed E-state index contributed by atoms with van der Waals surface area (Å²) in [7, 11) is 0. The molecule has 105 heavy (non-hydrogen) atoms. The molecule has 0 N–H and O–H groups in total. The molecular formula is C101H72N2O2. The van der Waals surface area contributed by atoms with E-state index in [1.165, 1.54) is 123 Å². The fourth-order valence-corrected chi connectivity index (χ4v) is 20.2. The van der Waals surface area contributed by atoms with Crippen LogP contribution in [0.2, 0.25) is 0 Å². The van der Waals surface area contributed by atoms with E-state index < -0.39 is 5.41 Å². The second-order valence-corrected chi connectivity index (χ2v) is 31.5. The lowest BCUT2D eigenvalue weighted by Gasteiger charge is -2.43. The predicted octanol–water partition coefficient (Wildman–Crippen LogP) is 27.7. The summed E-state index contributed by atoms with van der Waals surface area (Å²) in [6.45, 7) is 16.8. The van der Waals surface area contributed by atoms with E-state index in [0.717, 1.165) is 94.6 Å². The molecule has 0 saturated heterocycles. The van der Waals surface area contributed by atoms with E-state index in [2.05, 4.69) is 368 Å². The maximum atomic E-state index is 7.29. The summed E-state index contributed by atoms with van der Waals surface area (Å²) in [5.74, 6) is 0. The van der Waals surface area contributed by atoms with Crippen LogP contribution in [0.25, 0.3) is 133 Å². The number of hydrogen-bond acceptors (Lipinski definition) is 4. The molecule has 4 heteroatoms. The van der Waals surface area contributed by atoms with Crippen LogP contribution >= 0.6 is 0 Å². The van der Waals surface area contributed by atoms with Gasteiger partial charge in [0, 0.05) is 77.7 Å². The number of furan rings is 2. The molecule has 0 fully saturated rings. The highest BCUT2D eigenvalue weighted by atomic mass is 16.3. The van der Waals surface area contributed by atoms with Crippen LogP contribution in [0.1, 0.15) is 98.5 Å². The largest absolute Gasteiger partial charge is 0.456 e. The summed E-state index contributed by atoms with van der Waals surface area (Å²) in [6.07, 6.45) is 0. The molecule has 4 aliphatic carbocycles. The molecule has 0 spiro atoms. The third-order valence-corrected chi connectivity index (χ3v) is 25.1. The number of anilines is 6. The number of nitrogens with zero attached hydrogens (tertiary/aromatic N) is 2. The van der Waals surface area contributed by atoms with Crippen molar-refractivity contribution in [1.82, 2.24) is 0 Å². The van der Waals surface area contributed by atoms with Crippen molar-refractivity contribution in [2.75, 3.05) is 9.80 Å². The van der Waals surface area contributed by atoms with Crippen molar-refractivity contribution in [1.29, 1.82) is 0 Å². The van der Waals surface area contributed by atoms with E-state index in [9.17, 15) is 0 Å². The van der Waals surface area contributed by atoms with Crippen LogP contribution in [0.5, 0.6) is 0 Å². The van der Waals surface area contributed by atoms with Gasteiger partial charge in [-0.15, -0.1) is 0 Å². The minimum Gasteiger partial charge on any atom is -0.456 e. The molecule has 2 aromatic heterocycles. The molecule has 1 aliphatic heterocycles. The summed E-state index contributed by atoms with van der Waals surface area (Å²) >= 11 is 0. The zero-order chi connectivity index (χ0) is 70.1. The van der Waals surface area contributed by atoms with Gasteiger partial charge in [0.25, 0.3) is 0 Å². The molecule has 498 valence electrons. The van der Waals surface area contributed by atoms with Gasteiger partial charge in [-0.1, -0.05) is 272 Å². The number of benzene rings is 15. The van der Waals surface area contributed by atoms with E-state index in [0.29, 0.717) is 0 Å². The summed E-state index contributed by atoms with van der Waals surface area (Å²) in [5.41, 5.74) is 40.7. The zero-order valence-corrected chi connectivity index (χ0v) is 59.7. The number of para-hydroxylation sites is 4. The first-order valence-electron chi connectivity index (χ1n) is 37.0. The Bertz CT molecular complexity index is 6680. The Morgan fingerprint density at radius 3 is 1.44 bits per heavy atom. The molecule has 1 unspecified atom stereocenters. The Morgan fingerprint density at radius 2 is 0.695 bits per heavy atom. The first-order valence-corrected chi connectivity index (χ1v) is 37.0. The molecule has 17 aromatic rings. The molecule has 4 nitrogen and oxygen atoms in total. The zero-order valence-electron chi connectivity index (χ0n) is 59.7. The van der Waals surface area contributed by atoms with Crippen LogP contribution in [-0.4, -0.2) is 0 Å². The van der Waals surface area contributed by atoms with Gasteiger partial charge in [0.1, 0.15) is 22.3 Å². The lowest BCUT2D eigenvalue weighted by atomic mass is 9.70. The van der Waals surface area contributed by atoms with Gasteiger partial charge in [0.2, 0.25) is 0 Å². The number of hydrogen-bond donors (Lipinski definition) is 0. The highest BCUT2D eigenvalue weighted by molar-refractivity contribution is 6.12. The number of rotatable bonds is 8. The topological polar surface area (TPSA) is 32.8 Å². The Morgan fingerprint density at radius 1 is 0.248 bits per heavy atom. The van der Waals surface area contributed by atoms with Crippen LogP contribution < -0.4 is 9.80 Å². The molecule has 15 aromatic carbocycles. The van der Waals surface area contributed by atoms with Crippen molar-refractivity contribution >= 4 is 78.0 Å². The molecule has 22 rings (SSSR count). The van der Waals surface area contributed by atoms with Crippen LogP contribution in [0, 0.1) is 0 Å². The molecule has 0 bridgehead atoms. The first kappa shape index (κ1) is 60.1. The van der Waals surface area contributed by atoms with Crippen molar-refractivity contribution in [3.05, 3.63) is 359 Å². The second kappa shape index (κ2) is 21.3. The second-order valence-electron chi connectivity index (χ2n) is 31.5. The maximum absolute atomic E-state index is 7.29. The first-order chi connectivity index (χ1) is 51.2. The van der Waals surface area contributed by atoms with Crippen molar-refractivity contribution < 1.29 is 8.83 Å². The maximum Gasteiger partial charge on any atom is 0.137 e. The van der Waals surface area contributed by atoms with Gasteiger partial charge >= 0.3 is 0 Å². The molecule has 5 aliphatic rings. The minimum absolute atomic E-state index is 0.137. The monoisotopic (exact) mass is 1340 g/mol. The van der Waals surface area contributed by atoms with Crippen LogP contribution in [-0.2, 0) is 21.7 Å². The van der Waals surface area contributed by atoms with E-state index >= 15 is 0 Å². The summed E-state index contributed by atoms with van der Waals surface area (Å²) < 4.78 is 14.0. The van der Waals surface area contributed by atoms with Crippen molar-refractivity contribution in [3.63, 3.8) is 0 Å². The fraction of sp³-hybridized carbons (Fsp3) is 0.109. The van der Waals surface area contributed by atoms with Gasteiger partial charge in [-0.05, 0) is 196 Å². The molecule has 0 amide bonds. The van der Waals surface area contributed by atoms with Gasteiger partial charge in [0.05, 0.1) is 28.4 Å². The SMILES string of the molecule is CC1(C)c2cc(-c3ccc4c(c3)oc3cc5c(cc34)C3(C)c4ccccc4-c4cccc(c43)N5c3ccccc3-c3cccc4c3-c3ccccc3C4(C)C)ccc2-c2c(-c3ccccc3N(c3ccc4c(c3)oc3ccccc34)c3ccccc3-c3cccc4c3C(C)(C)c3ccccc3-4)cccc21. The van der Waals surface area contributed by atoms with Crippen LogP contribution in [0.4, 0.5) is 34.1 Å². The van der Waals surface area contributed by atoms with Gasteiger partial charge in [0.15, 0.2) is 0 Å². The highest BCUT2D eigenvalue weighted by Gasteiger charge is 2.50. The number of fused-ring (bicyclic) bond motifs is 20. The normalized spacial score (nSPS) is 16.0. The Kier molecular flexibility index (Phi) is 12.2. The summed E-state index contributed by atoms with van der Waals surface area (Å²) in [5, 5.41) is 4.42. The molecule has 0 saturated carbocycles. The van der Waals surface area contributed by atoms with Crippen LogP contribution in [0.3, 0.4) is 0 Å². The average Bonchev–Trinajstić information content (AvgIpc) is 0.949. The fourth-order valence-electron chi connectivity index (χ4n) is 20.2. The van der Waals surface area contributed by atoms with Crippen molar-refractivity contribution in [2.24, 2.45) is 0 Å². The van der Waals surface area contributed by atoms with Gasteiger partial charge in [-0.25, -0.2) is 0 Å². The minimum atomic E-state index is -0.445. The van der Waals surface area contributed by atoms with Gasteiger partial charge in [-0.2, -0.15) is 0 Å². The molecule has 3 heterocycles. The van der Waals surface area contributed by atoms with E-state index in [4.69, 9.17) is 8.83 Å². The quantitative estimate of drug-likeness (QED) is 0.152. The molecule has 1 atom stereocenters. The standard InChI is InChI=1S/C101H72N2O2/c1-98(2)79-39-16-10-32-75(79)94-71(34-23-41-81(94)98)65-29-12-20-45-87(65)103-88-46-25-37-73-63-27-9-17-40-80(63)101(7,97(73)88)84-57-77-69-51-48-60(55-91(69)105-93(77)58-89(84)103)59-49-52-76-83(54-59)99(3,4)82-42-24-33-70(95(76)82)64-28-11-18-43-85(64)102(61-50-53-68-67-31-14-21-47-90(67)104-92(68)56-61)86-44-19-13-30-66(86)74-36-22-35-72-62-26-8-15-38-78(62)100(5,6)96(72)74/h8-58H,1-7H3. The van der Waals surface area contributed by atoms with Gasteiger partial charge < -0.3 is 18.6 Å². The Labute approximate surface area is 611 Å². The third kappa shape index (κ3) is 8.06. The molecule has 0 radical (unpaired) electrons. The van der Waals surface area contributed by atoms with Crippen molar-refractivity contribution in [2.45, 2.75) is 70.1 Å². The Balaban J connectivity index is 0.679. The summed E-state index contributed by atoms with van der Waals surface area (Å²) in [6, 6.07) is 116. The highest BCUT2D eigenvalue weighted by Crippen LogP contribution is 2.65. The van der Waals surface area contributed by atoms with Crippen molar-refractivity contribution in [3.8, 4) is 89.0 Å². The Hall–Kier alpha value is -12.5. The van der Waals surface area contributed by atoms with Crippen LogP contribution in [0.15, 0.2) is 318 Å².